The van der Waals surface area contributed by atoms with Gasteiger partial charge in [0.2, 0.25) is 0 Å². The molecule has 0 aliphatic carbocycles. The molecule has 0 fully saturated rings. The standard InChI is InChI=1S/C23H49NO/c1-5-6-7-8-9-10-11-12-13-14-15-16-17-18-19-20-21-22(2)24(4)23(3)25/h22-23,25H,5-21H2,1-4H3. The highest BCUT2D eigenvalue weighted by atomic mass is 16.3. The average molecular weight is 356 g/mol. The molecule has 0 saturated heterocycles. The summed E-state index contributed by atoms with van der Waals surface area (Å²) < 4.78 is 0. The second-order valence-electron chi connectivity index (χ2n) is 8.24. The molecule has 0 aliphatic rings. The van der Waals surface area contributed by atoms with Crippen LogP contribution in [0, 0.1) is 0 Å². The molecular weight excluding hydrogens is 306 g/mol. The van der Waals surface area contributed by atoms with Crippen molar-refractivity contribution in [1.82, 2.24) is 4.90 Å². The van der Waals surface area contributed by atoms with E-state index >= 15 is 0 Å². The molecule has 2 unspecified atom stereocenters. The molecule has 152 valence electrons. The van der Waals surface area contributed by atoms with Crippen molar-refractivity contribution in [1.29, 1.82) is 0 Å². The molecule has 2 heteroatoms. The van der Waals surface area contributed by atoms with Crippen molar-refractivity contribution in [3.63, 3.8) is 0 Å². The van der Waals surface area contributed by atoms with Gasteiger partial charge in [-0.1, -0.05) is 110 Å². The van der Waals surface area contributed by atoms with Crippen LogP contribution in [-0.4, -0.2) is 29.3 Å². The van der Waals surface area contributed by atoms with E-state index in [1.807, 2.05) is 14.0 Å². The quantitative estimate of drug-likeness (QED) is 0.194. The molecule has 0 aliphatic heterocycles. The zero-order chi connectivity index (χ0) is 18.8. The molecule has 0 amide bonds. The molecule has 1 N–H and O–H groups in total. The fourth-order valence-electron chi connectivity index (χ4n) is 3.56. The molecule has 0 aromatic heterocycles. The van der Waals surface area contributed by atoms with Crippen LogP contribution < -0.4 is 0 Å². The number of nitrogens with zero attached hydrogens (tertiary/aromatic N) is 1. The fourth-order valence-corrected chi connectivity index (χ4v) is 3.56. The van der Waals surface area contributed by atoms with E-state index in [9.17, 15) is 5.11 Å². The first-order valence-electron chi connectivity index (χ1n) is 11.5. The number of hydrogen-bond acceptors (Lipinski definition) is 2. The maximum atomic E-state index is 9.55. The molecule has 2 nitrogen and oxygen atoms in total. The first-order chi connectivity index (χ1) is 12.1. The van der Waals surface area contributed by atoms with Crippen LogP contribution in [0.5, 0.6) is 0 Å². The van der Waals surface area contributed by atoms with Gasteiger partial charge in [0.15, 0.2) is 0 Å². The van der Waals surface area contributed by atoms with Gasteiger partial charge in [0.05, 0.1) is 0 Å². The largest absolute Gasteiger partial charge is 0.379 e. The number of rotatable bonds is 19. The fraction of sp³-hybridized carbons (Fsp3) is 1.00. The van der Waals surface area contributed by atoms with E-state index in [1.54, 1.807) is 0 Å². The number of hydrogen-bond donors (Lipinski definition) is 1. The van der Waals surface area contributed by atoms with Crippen LogP contribution in [0.4, 0.5) is 0 Å². The maximum Gasteiger partial charge on any atom is 0.104 e. The van der Waals surface area contributed by atoms with Gasteiger partial charge in [-0.3, -0.25) is 4.90 Å². The first-order valence-corrected chi connectivity index (χ1v) is 11.5. The molecule has 0 saturated carbocycles. The lowest BCUT2D eigenvalue weighted by Gasteiger charge is -2.27. The highest BCUT2D eigenvalue weighted by Gasteiger charge is 2.12. The number of aliphatic hydroxyl groups excluding tert-OH is 1. The van der Waals surface area contributed by atoms with Gasteiger partial charge < -0.3 is 5.11 Å². The maximum absolute atomic E-state index is 9.55. The monoisotopic (exact) mass is 355 g/mol. The van der Waals surface area contributed by atoms with Gasteiger partial charge in [-0.15, -0.1) is 0 Å². The Bertz CT molecular complexity index is 254. The predicted molar refractivity (Wildman–Crippen MR) is 113 cm³/mol. The summed E-state index contributed by atoms with van der Waals surface area (Å²) in [5, 5.41) is 9.55. The zero-order valence-electron chi connectivity index (χ0n) is 18.1. The summed E-state index contributed by atoms with van der Waals surface area (Å²) in [6.45, 7) is 6.36. The van der Waals surface area contributed by atoms with E-state index in [4.69, 9.17) is 0 Å². The van der Waals surface area contributed by atoms with Gasteiger partial charge in [0.1, 0.15) is 6.23 Å². The topological polar surface area (TPSA) is 23.5 Å². The van der Waals surface area contributed by atoms with E-state index in [2.05, 4.69) is 18.7 Å². The summed E-state index contributed by atoms with van der Waals surface area (Å²) in [7, 11) is 2.02. The van der Waals surface area contributed by atoms with Gasteiger partial charge in [0, 0.05) is 6.04 Å². The normalized spacial score (nSPS) is 14.2. The highest BCUT2D eigenvalue weighted by Crippen LogP contribution is 2.15. The Morgan fingerprint density at radius 1 is 0.600 bits per heavy atom. The lowest BCUT2D eigenvalue weighted by Crippen LogP contribution is -2.36. The lowest BCUT2D eigenvalue weighted by atomic mass is 10.0. The van der Waals surface area contributed by atoms with Crippen LogP contribution in [0.1, 0.15) is 130 Å². The molecule has 0 spiro atoms. The van der Waals surface area contributed by atoms with Crippen LogP contribution in [0.15, 0.2) is 0 Å². The Kier molecular flexibility index (Phi) is 18.6. The lowest BCUT2D eigenvalue weighted by molar-refractivity contribution is 0.0105. The van der Waals surface area contributed by atoms with Gasteiger partial charge in [0.25, 0.3) is 0 Å². The van der Waals surface area contributed by atoms with Crippen LogP contribution in [-0.2, 0) is 0 Å². The van der Waals surface area contributed by atoms with Crippen molar-refractivity contribution in [3.8, 4) is 0 Å². The highest BCUT2D eigenvalue weighted by molar-refractivity contribution is 4.63. The third kappa shape index (κ3) is 17.1. The summed E-state index contributed by atoms with van der Waals surface area (Å²) in [5.74, 6) is 0. The van der Waals surface area contributed by atoms with Crippen LogP contribution in [0.2, 0.25) is 0 Å². The SMILES string of the molecule is CCCCCCCCCCCCCCCCCCC(C)N(C)C(C)O. The molecule has 0 aromatic carbocycles. The van der Waals surface area contributed by atoms with E-state index in [0.29, 0.717) is 6.04 Å². The van der Waals surface area contributed by atoms with Gasteiger partial charge >= 0.3 is 0 Å². The summed E-state index contributed by atoms with van der Waals surface area (Å²) in [6.07, 6.45) is 23.7. The van der Waals surface area contributed by atoms with E-state index in [-0.39, 0.29) is 6.23 Å². The van der Waals surface area contributed by atoms with Crippen molar-refractivity contribution >= 4 is 0 Å². The second-order valence-corrected chi connectivity index (χ2v) is 8.24. The summed E-state index contributed by atoms with van der Waals surface area (Å²) in [5.41, 5.74) is 0. The molecule has 2 atom stereocenters. The average Bonchev–Trinajstić information content (AvgIpc) is 2.60. The summed E-state index contributed by atoms with van der Waals surface area (Å²) >= 11 is 0. The third-order valence-corrected chi connectivity index (χ3v) is 5.76. The minimum absolute atomic E-state index is 0.323. The minimum atomic E-state index is -0.323. The predicted octanol–water partition coefficient (Wildman–Crippen LogP) is 7.30. The first kappa shape index (κ1) is 24.9. The smallest absolute Gasteiger partial charge is 0.104 e. The molecule has 25 heavy (non-hydrogen) atoms. The van der Waals surface area contributed by atoms with Crippen LogP contribution in [0.25, 0.3) is 0 Å². The van der Waals surface area contributed by atoms with E-state index in [1.165, 1.54) is 109 Å². The minimum Gasteiger partial charge on any atom is -0.379 e. The number of unbranched alkanes of at least 4 members (excludes halogenated alkanes) is 15. The van der Waals surface area contributed by atoms with Crippen molar-refractivity contribution in [3.05, 3.63) is 0 Å². The third-order valence-electron chi connectivity index (χ3n) is 5.76. The molecule has 0 bridgehead atoms. The van der Waals surface area contributed by atoms with Crippen molar-refractivity contribution in [2.45, 2.75) is 142 Å². The summed E-state index contributed by atoms with van der Waals surface area (Å²) in [4.78, 5) is 2.06. The molecule has 0 heterocycles. The van der Waals surface area contributed by atoms with E-state index < -0.39 is 0 Å². The molecule has 0 rings (SSSR count). The number of aliphatic hydroxyl groups is 1. The van der Waals surface area contributed by atoms with E-state index in [0.717, 1.165) is 0 Å². The molecule has 0 aromatic rings. The van der Waals surface area contributed by atoms with Gasteiger partial charge in [-0.05, 0) is 27.3 Å². The molecular formula is C23H49NO. The Balaban J connectivity index is 3.14. The Hall–Kier alpha value is -0.0800. The second kappa shape index (κ2) is 18.7. The van der Waals surface area contributed by atoms with Gasteiger partial charge in [-0.2, -0.15) is 0 Å². The van der Waals surface area contributed by atoms with Crippen molar-refractivity contribution in [2.24, 2.45) is 0 Å². The van der Waals surface area contributed by atoms with Crippen molar-refractivity contribution in [2.75, 3.05) is 7.05 Å². The van der Waals surface area contributed by atoms with Gasteiger partial charge in [-0.25, -0.2) is 0 Å². The molecule has 0 radical (unpaired) electrons. The Morgan fingerprint density at radius 2 is 0.920 bits per heavy atom. The summed E-state index contributed by atoms with van der Waals surface area (Å²) in [6, 6.07) is 0.492. The Morgan fingerprint density at radius 3 is 1.24 bits per heavy atom. The van der Waals surface area contributed by atoms with Crippen molar-refractivity contribution < 1.29 is 5.11 Å². The zero-order valence-corrected chi connectivity index (χ0v) is 18.1. The Labute approximate surface area is 159 Å². The van der Waals surface area contributed by atoms with Crippen LogP contribution >= 0.6 is 0 Å². The van der Waals surface area contributed by atoms with Crippen LogP contribution in [0.3, 0.4) is 0 Å².